The average molecular weight is 273 g/mol. The van der Waals surface area contributed by atoms with Crippen LogP contribution in [0.5, 0.6) is 0 Å². The largest absolute Gasteiger partial charge is 0.378 e. The van der Waals surface area contributed by atoms with Gasteiger partial charge in [0.25, 0.3) is 0 Å². The van der Waals surface area contributed by atoms with E-state index in [1.165, 1.54) is 49.7 Å². The number of hydrogen-bond donors (Lipinski definition) is 1. The van der Waals surface area contributed by atoms with E-state index in [4.69, 9.17) is 10.5 Å². The maximum absolute atomic E-state index is 6.06. The highest BCUT2D eigenvalue weighted by molar-refractivity contribution is 5.31. The van der Waals surface area contributed by atoms with Gasteiger partial charge in [0, 0.05) is 19.1 Å². The van der Waals surface area contributed by atoms with Crippen molar-refractivity contribution in [2.75, 3.05) is 13.7 Å². The zero-order valence-corrected chi connectivity index (χ0v) is 12.7. The standard InChI is InChI=1S/C18H27NO/c1-20-18(12-13-18)11-8-15-4-6-16(7-5-15)17(14-19)9-2-3-10-17/h4-7H,2-3,8-14,19H2,1H3. The molecule has 0 bridgehead atoms. The predicted molar refractivity (Wildman–Crippen MR) is 82.9 cm³/mol. The number of benzene rings is 1. The maximum Gasteiger partial charge on any atom is 0.0684 e. The summed E-state index contributed by atoms with van der Waals surface area (Å²) in [7, 11) is 1.85. The zero-order valence-electron chi connectivity index (χ0n) is 12.7. The van der Waals surface area contributed by atoms with E-state index in [9.17, 15) is 0 Å². The molecule has 2 aliphatic carbocycles. The summed E-state index contributed by atoms with van der Waals surface area (Å²) < 4.78 is 5.59. The Hall–Kier alpha value is -0.860. The van der Waals surface area contributed by atoms with Gasteiger partial charge in [-0.2, -0.15) is 0 Å². The van der Waals surface area contributed by atoms with Gasteiger partial charge in [0.1, 0.15) is 0 Å². The Kier molecular flexibility index (Phi) is 3.87. The van der Waals surface area contributed by atoms with Crippen LogP contribution in [0.25, 0.3) is 0 Å². The molecule has 2 heteroatoms. The summed E-state index contributed by atoms with van der Waals surface area (Å²) in [6, 6.07) is 9.24. The first-order valence-electron chi connectivity index (χ1n) is 8.07. The van der Waals surface area contributed by atoms with Gasteiger partial charge in [-0.1, -0.05) is 37.1 Å². The highest BCUT2D eigenvalue weighted by Crippen LogP contribution is 2.43. The lowest BCUT2D eigenvalue weighted by atomic mass is 9.78. The normalized spacial score (nSPS) is 22.9. The molecule has 0 saturated heterocycles. The second kappa shape index (κ2) is 5.50. The quantitative estimate of drug-likeness (QED) is 0.860. The van der Waals surface area contributed by atoms with Crippen molar-refractivity contribution in [3.8, 4) is 0 Å². The summed E-state index contributed by atoms with van der Waals surface area (Å²) in [4.78, 5) is 0. The lowest BCUT2D eigenvalue weighted by Crippen LogP contribution is -2.31. The minimum Gasteiger partial charge on any atom is -0.378 e. The van der Waals surface area contributed by atoms with E-state index in [1.807, 2.05) is 7.11 Å². The molecule has 0 aromatic heterocycles. The zero-order chi connectivity index (χ0) is 14.1. The average Bonchev–Trinajstić information content (AvgIpc) is 3.13. The van der Waals surface area contributed by atoms with Crippen molar-refractivity contribution in [2.24, 2.45) is 5.73 Å². The first-order valence-corrected chi connectivity index (χ1v) is 8.07. The topological polar surface area (TPSA) is 35.2 Å². The highest BCUT2D eigenvalue weighted by Gasteiger charge is 2.42. The summed E-state index contributed by atoms with van der Waals surface area (Å²) in [5.41, 5.74) is 9.43. The Morgan fingerprint density at radius 2 is 1.70 bits per heavy atom. The van der Waals surface area contributed by atoms with Crippen LogP contribution < -0.4 is 5.73 Å². The molecule has 3 rings (SSSR count). The van der Waals surface area contributed by atoms with Crippen molar-refractivity contribution in [3.63, 3.8) is 0 Å². The van der Waals surface area contributed by atoms with Gasteiger partial charge in [0.2, 0.25) is 0 Å². The maximum atomic E-state index is 6.06. The van der Waals surface area contributed by atoms with Crippen LogP contribution in [0.3, 0.4) is 0 Å². The summed E-state index contributed by atoms with van der Waals surface area (Å²) in [6.07, 6.45) is 9.93. The SMILES string of the molecule is COC1(CCc2ccc(C3(CN)CCCC3)cc2)CC1. The van der Waals surface area contributed by atoms with Crippen molar-refractivity contribution in [3.05, 3.63) is 35.4 Å². The molecule has 0 heterocycles. The van der Waals surface area contributed by atoms with Gasteiger partial charge in [0.15, 0.2) is 0 Å². The summed E-state index contributed by atoms with van der Waals surface area (Å²) >= 11 is 0. The molecule has 0 atom stereocenters. The van der Waals surface area contributed by atoms with Gasteiger partial charge in [-0.3, -0.25) is 0 Å². The van der Waals surface area contributed by atoms with E-state index in [1.54, 1.807) is 0 Å². The van der Waals surface area contributed by atoms with Gasteiger partial charge in [0.05, 0.1) is 5.60 Å². The molecule has 0 unspecified atom stereocenters. The number of hydrogen-bond acceptors (Lipinski definition) is 2. The fraction of sp³-hybridized carbons (Fsp3) is 0.667. The molecule has 1 aromatic rings. The van der Waals surface area contributed by atoms with Crippen molar-refractivity contribution >= 4 is 0 Å². The molecule has 20 heavy (non-hydrogen) atoms. The van der Waals surface area contributed by atoms with Crippen LogP contribution in [0.2, 0.25) is 0 Å². The molecule has 0 radical (unpaired) electrons. The van der Waals surface area contributed by atoms with Crippen LogP contribution in [0, 0.1) is 0 Å². The summed E-state index contributed by atoms with van der Waals surface area (Å²) in [5.74, 6) is 0. The molecule has 0 amide bonds. The fourth-order valence-corrected chi connectivity index (χ4v) is 3.76. The van der Waals surface area contributed by atoms with Gasteiger partial charge in [-0.05, 0) is 49.7 Å². The third kappa shape index (κ3) is 2.64. The first-order chi connectivity index (χ1) is 9.72. The van der Waals surface area contributed by atoms with Crippen LogP contribution in [-0.4, -0.2) is 19.3 Å². The lowest BCUT2D eigenvalue weighted by Gasteiger charge is -2.28. The van der Waals surface area contributed by atoms with E-state index in [-0.39, 0.29) is 11.0 Å². The minimum absolute atomic E-state index is 0.211. The Bertz CT molecular complexity index is 441. The van der Waals surface area contributed by atoms with Gasteiger partial charge >= 0.3 is 0 Å². The van der Waals surface area contributed by atoms with E-state index < -0.39 is 0 Å². The third-order valence-corrected chi connectivity index (χ3v) is 5.63. The van der Waals surface area contributed by atoms with Crippen LogP contribution >= 0.6 is 0 Å². The van der Waals surface area contributed by atoms with Crippen molar-refractivity contribution in [1.29, 1.82) is 0 Å². The van der Waals surface area contributed by atoms with Gasteiger partial charge < -0.3 is 10.5 Å². The predicted octanol–water partition coefficient (Wildman–Crippen LogP) is 3.57. The molecule has 110 valence electrons. The fourth-order valence-electron chi connectivity index (χ4n) is 3.76. The van der Waals surface area contributed by atoms with E-state index in [2.05, 4.69) is 24.3 Å². The molecular formula is C18H27NO. The second-order valence-corrected chi connectivity index (χ2v) is 6.78. The Morgan fingerprint density at radius 3 is 2.20 bits per heavy atom. The molecule has 2 aliphatic rings. The second-order valence-electron chi connectivity index (χ2n) is 6.78. The molecule has 2 saturated carbocycles. The monoisotopic (exact) mass is 273 g/mol. The van der Waals surface area contributed by atoms with E-state index >= 15 is 0 Å². The summed E-state index contributed by atoms with van der Waals surface area (Å²) in [5, 5.41) is 0. The number of aryl methyl sites for hydroxylation is 1. The summed E-state index contributed by atoms with van der Waals surface area (Å²) in [6.45, 7) is 0.791. The molecule has 1 aromatic carbocycles. The van der Waals surface area contributed by atoms with Crippen LogP contribution in [0.1, 0.15) is 56.1 Å². The number of rotatable bonds is 6. The van der Waals surface area contributed by atoms with E-state index in [0.29, 0.717) is 0 Å². The number of nitrogens with two attached hydrogens (primary N) is 1. The molecular weight excluding hydrogens is 246 g/mol. The molecule has 2 N–H and O–H groups in total. The first kappa shape index (κ1) is 14.1. The van der Waals surface area contributed by atoms with Crippen LogP contribution in [0.4, 0.5) is 0 Å². The van der Waals surface area contributed by atoms with Crippen molar-refractivity contribution in [2.45, 2.75) is 62.4 Å². The molecule has 2 nitrogen and oxygen atoms in total. The van der Waals surface area contributed by atoms with Gasteiger partial charge in [-0.15, -0.1) is 0 Å². The lowest BCUT2D eigenvalue weighted by molar-refractivity contribution is 0.0731. The third-order valence-electron chi connectivity index (χ3n) is 5.63. The molecule has 0 aliphatic heterocycles. The molecule has 0 spiro atoms. The Morgan fingerprint density at radius 1 is 1.05 bits per heavy atom. The van der Waals surface area contributed by atoms with Crippen LogP contribution in [0.15, 0.2) is 24.3 Å². The van der Waals surface area contributed by atoms with Gasteiger partial charge in [-0.25, -0.2) is 0 Å². The van der Waals surface area contributed by atoms with Crippen LogP contribution in [-0.2, 0) is 16.6 Å². The Balaban J connectivity index is 1.65. The van der Waals surface area contributed by atoms with E-state index in [0.717, 1.165) is 19.4 Å². The number of methoxy groups -OCH3 is 1. The number of ether oxygens (including phenoxy) is 1. The Labute approximate surface area is 122 Å². The smallest absolute Gasteiger partial charge is 0.0684 e. The van der Waals surface area contributed by atoms with Crippen molar-refractivity contribution in [1.82, 2.24) is 0 Å². The highest BCUT2D eigenvalue weighted by atomic mass is 16.5. The van der Waals surface area contributed by atoms with Crippen molar-refractivity contribution < 1.29 is 4.74 Å². The molecule has 2 fully saturated rings. The minimum atomic E-state index is 0.211.